The predicted octanol–water partition coefficient (Wildman–Crippen LogP) is 2.80. The Hall–Kier alpha value is -1.56. The summed E-state index contributed by atoms with van der Waals surface area (Å²) in [5, 5.41) is 11.8. The van der Waals surface area contributed by atoms with Crippen LogP contribution in [0.1, 0.15) is 24.7 Å². The molecular weight excluding hydrogens is 281 g/mol. The molecule has 0 unspecified atom stereocenters. The summed E-state index contributed by atoms with van der Waals surface area (Å²) in [7, 11) is 0. The molecule has 0 aliphatic rings. The van der Waals surface area contributed by atoms with Crippen molar-refractivity contribution in [2.75, 3.05) is 12.0 Å². The smallest absolute Gasteiger partial charge is 0.109 e. The van der Waals surface area contributed by atoms with E-state index in [1.165, 1.54) is 0 Å². The van der Waals surface area contributed by atoms with Crippen LogP contribution in [-0.4, -0.2) is 26.2 Å². The van der Waals surface area contributed by atoms with Gasteiger partial charge in [0.15, 0.2) is 0 Å². The van der Waals surface area contributed by atoms with E-state index in [2.05, 4.69) is 22.4 Å². The van der Waals surface area contributed by atoms with Gasteiger partial charge >= 0.3 is 0 Å². The molecule has 0 atom stereocenters. The third kappa shape index (κ3) is 3.72. The van der Waals surface area contributed by atoms with Crippen molar-refractivity contribution in [2.24, 2.45) is 0 Å². The Bertz CT molecular complexity index is 523. The molecule has 2 aromatic rings. The van der Waals surface area contributed by atoms with E-state index in [0.29, 0.717) is 13.1 Å². The lowest BCUT2D eigenvalue weighted by atomic mass is 10.3. The van der Waals surface area contributed by atoms with E-state index in [4.69, 9.17) is 0 Å². The van der Waals surface area contributed by atoms with Gasteiger partial charge in [-0.2, -0.15) is 10.2 Å². The van der Waals surface area contributed by atoms with Crippen LogP contribution in [0.25, 0.3) is 0 Å². The third-order valence-electron chi connectivity index (χ3n) is 3.10. The van der Waals surface area contributed by atoms with Crippen LogP contribution in [0.3, 0.4) is 0 Å². The predicted molar refractivity (Wildman–Crippen MR) is 80.0 cm³/mol. The summed E-state index contributed by atoms with van der Waals surface area (Å²) in [5.74, 6) is 0. The van der Waals surface area contributed by atoms with Crippen molar-refractivity contribution in [3.63, 3.8) is 0 Å². The van der Waals surface area contributed by atoms with Gasteiger partial charge in [0.2, 0.25) is 0 Å². The zero-order chi connectivity index (χ0) is 13.7. The van der Waals surface area contributed by atoms with Crippen LogP contribution in [0.15, 0.2) is 18.5 Å². The number of nitrogens with zero attached hydrogens (tertiary/aromatic N) is 4. The number of hydrogen-bond donors (Lipinski definition) is 1. The highest BCUT2D eigenvalue weighted by molar-refractivity contribution is 5.85. The van der Waals surface area contributed by atoms with E-state index in [9.17, 15) is 4.39 Å². The molecule has 2 heterocycles. The molecule has 0 amide bonds. The number of hydrogen-bond acceptors (Lipinski definition) is 3. The van der Waals surface area contributed by atoms with Crippen LogP contribution < -0.4 is 5.32 Å². The highest BCUT2D eigenvalue weighted by atomic mass is 35.5. The number of alkyl halides is 1. The highest BCUT2D eigenvalue weighted by Gasteiger charge is 2.07. The largest absolute Gasteiger partial charge is 0.377 e. The van der Waals surface area contributed by atoms with Gasteiger partial charge in [-0.15, -0.1) is 12.4 Å². The minimum absolute atomic E-state index is 0. The fraction of sp³-hybridized carbons (Fsp3) is 0.538. The summed E-state index contributed by atoms with van der Waals surface area (Å²) in [5.41, 5.74) is 3.04. The molecule has 0 spiro atoms. The van der Waals surface area contributed by atoms with Gasteiger partial charge in [0.25, 0.3) is 0 Å². The molecule has 0 aliphatic heterocycles. The maximum Gasteiger partial charge on any atom is 0.109 e. The average molecular weight is 302 g/mol. The average Bonchev–Trinajstić information content (AvgIpc) is 2.97. The van der Waals surface area contributed by atoms with Crippen molar-refractivity contribution in [1.82, 2.24) is 19.6 Å². The number of aromatic nitrogens is 4. The summed E-state index contributed by atoms with van der Waals surface area (Å²) in [6, 6.07) is 2.00. The lowest BCUT2D eigenvalue weighted by Gasteiger charge is -2.08. The number of aryl methyl sites for hydroxylation is 2. The van der Waals surface area contributed by atoms with Gasteiger partial charge in [0.05, 0.1) is 36.4 Å². The monoisotopic (exact) mass is 301 g/mol. The summed E-state index contributed by atoms with van der Waals surface area (Å²) in [4.78, 5) is 0. The fourth-order valence-electron chi connectivity index (χ4n) is 2.03. The Labute approximate surface area is 124 Å². The Morgan fingerprint density at radius 3 is 2.75 bits per heavy atom. The highest BCUT2D eigenvalue weighted by Crippen LogP contribution is 2.15. The lowest BCUT2D eigenvalue weighted by molar-refractivity contribution is 0.423. The molecule has 7 heteroatoms. The second-order valence-corrected chi connectivity index (χ2v) is 4.46. The van der Waals surface area contributed by atoms with E-state index >= 15 is 0 Å². The SMILES string of the molecule is CCCn1nccc1CNc1cnn(CCF)c1C.Cl. The molecule has 0 saturated heterocycles. The molecule has 1 N–H and O–H groups in total. The molecular formula is C13H21ClFN5. The normalized spacial score (nSPS) is 10.3. The zero-order valence-corrected chi connectivity index (χ0v) is 12.7. The van der Waals surface area contributed by atoms with Gasteiger partial charge < -0.3 is 5.32 Å². The first-order chi connectivity index (χ1) is 9.26. The van der Waals surface area contributed by atoms with Crippen molar-refractivity contribution in [3.8, 4) is 0 Å². The van der Waals surface area contributed by atoms with Gasteiger partial charge in [-0.25, -0.2) is 4.39 Å². The van der Waals surface area contributed by atoms with Crippen LogP contribution in [-0.2, 0) is 19.6 Å². The summed E-state index contributed by atoms with van der Waals surface area (Å²) in [6.45, 7) is 5.59. The van der Waals surface area contributed by atoms with Gasteiger partial charge in [0.1, 0.15) is 6.67 Å². The van der Waals surface area contributed by atoms with E-state index < -0.39 is 6.67 Å². The second kappa shape index (κ2) is 7.89. The molecule has 5 nitrogen and oxygen atoms in total. The van der Waals surface area contributed by atoms with Crippen molar-refractivity contribution in [2.45, 2.75) is 39.9 Å². The molecule has 2 rings (SSSR count). The first kappa shape index (κ1) is 16.5. The molecule has 0 aromatic carbocycles. The van der Waals surface area contributed by atoms with Crippen LogP contribution >= 0.6 is 12.4 Å². The molecule has 112 valence electrons. The zero-order valence-electron chi connectivity index (χ0n) is 11.8. The molecule has 20 heavy (non-hydrogen) atoms. The first-order valence-electron chi connectivity index (χ1n) is 6.59. The number of halogens is 2. The van der Waals surface area contributed by atoms with Gasteiger partial charge in [-0.3, -0.25) is 9.36 Å². The molecule has 2 aromatic heterocycles. The lowest BCUT2D eigenvalue weighted by Crippen LogP contribution is -2.09. The van der Waals surface area contributed by atoms with Gasteiger partial charge in [-0.05, 0) is 19.4 Å². The minimum Gasteiger partial charge on any atom is -0.377 e. The van der Waals surface area contributed by atoms with Crippen molar-refractivity contribution >= 4 is 18.1 Å². The van der Waals surface area contributed by atoms with E-state index in [0.717, 1.165) is 30.0 Å². The Morgan fingerprint density at radius 2 is 2.05 bits per heavy atom. The minimum atomic E-state index is -0.398. The van der Waals surface area contributed by atoms with Crippen molar-refractivity contribution in [1.29, 1.82) is 0 Å². The van der Waals surface area contributed by atoms with Crippen molar-refractivity contribution < 1.29 is 4.39 Å². The summed E-state index contributed by atoms with van der Waals surface area (Å²) in [6.07, 6.45) is 4.61. The summed E-state index contributed by atoms with van der Waals surface area (Å²) < 4.78 is 16.0. The fourth-order valence-corrected chi connectivity index (χ4v) is 2.03. The third-order valence-corrected chi connectivity index (χ3v) is 3.10. The number of anilines is 1. The van der Waals surface area contributed by atoms with E-state index in [-0.39, 0.29) is 12.4 Å². The van der Waals surface area contributed by atoms with Crippen LogP contribution in [0, 0.1) is 6.92 Å². The maximum absolute atomic E-state index is 12.3. The topological polar surface area (TPSA) is 47.7 Å². The Kier molecular flexibility index (Phi) is 6.51. The quantitative estimate of drug-likeness (QED) is 0.855. The second-order valence-electron chi connectivity index (χ2n) is 4.46. The molecule has 0 aliphatic carbocycles. The summed E-state index contributed by atoms with van der Waals surface area (Å²) >= 11 is 0. The van der Waals surface area contributed by atoms with Crippen LogP contribution in [0.4, 0.5) is 10.1 Å². The van der Waals surface area contributed by atoms with Crippen LogP contribution in [0.5, 0.6) is 0 Å². The van der Waals surface area contributed by atoms with Crippen molar-refractivity contribution in [3.05, 3.63) is 29.8 Å². The van der Waals surface area contributed by atoms with Gasteiger partial charge in [0, 0.05) is 12.7 Å². The molecule has 0 saturated carbocycles. The first-order valence-corrected chi connectivity index (χ1v) is 6.59. The van der Waals surface area contributed by atoms with E-state index in [1.807, 2.05) is 23.9 Å². The Morgan fingerprint density at radius 1 is 1.25 bits per heavy atom. The van der Waals surface area contributed by atoms with Crippen LogP contribution in [0.2, 0.25) is 0 Å². The number of nitrogens with one attached hydrogen (secondary N) is 1. The Balaban J connectivity index is 0.00000200. The number of rotatable bonds is 7. The molecule has 0 bridgehead atoms. The standard InChI is InChI=1S/C13H20FN5.ClH/c1-3-7-19-12(4-6-16-19)9-15-13-10-17-18(8-5-14)11(13)2;/h4,6,10,15H,3,5,7-9H2,1-2H3;1H. The molecule has 0 radical (unpaired) electrons. The maximum atomic E-state index is 12.3. The van der Waals surface area contributed by atoms with Gasteiger partial charge in [-0.1, -0.05) is 6.92 Å². The molecule has 0 fully saturated rings. The van der Waals surface area contributed by atoms with E-state index in [1.54, 1.807) is 10.9 Å².